The normalized spacial score (nSPS) is 11.5. The molecule has 2 aromatic heterocycles. The Morgan fingerprint density at radius 2 is 0.398 bits per heavy atom. The molecular weight excluding hydrogens is 1060 g/mol. The van der Waals surface area contributed by atoms with Crippen molar-refractivity contribution >= 4 is 43.6 Å². The lowest BCUT2D eigenvalue weighted by Gasteiger charge is -2.22. The molecule has 88 heavy (non-hydrogen) atoms. The van der Waals surface area contributed by atoms with E-state index in [1.165, 1.54) is 133 Å². The van der Waals surface area contributed by atoms with Gasteiger partial charge in [-0.05, 0) is 175 Å². The number of aryl methyl sites for hydroxylation is 2. The van der Waals surface area contributed by atoms with E-state index in [1.54, 1.807) is 0 Å². The molecule has 16 aromatic rings. The highest BCUT2D eigenvalue weighted by Crippen LogP contribution is 2.47. The van der Waals surface area contributed by atoms with E-state index < -0.39 is 0 Å². The summed E-state index contributed by atoms with van der Waals surface area (Å²) in [5.74, 6) is 0. The summed E-state index contributed by atoms with van der Waals surface area (Å²) in [7, 11) is 0. The first-order chi connectivity index (χ1) is 43.5. The maximum atomic E-state index is 2.54. The molecule has 414 valence electrons. The van der Waals surface area contributed by atoms with Gasteiger partial charge in [0.05, 0.1) is 33.4 Å². The van der Waals surface area contributed by atoms with E-state index in [-0.39, 0.29) is 0 Å². The van der Waals surface area contributed by atoms with Gasteiger partial charge < -0.3 is 9.13 Å². The summed E-state index contributed by atoms with van der Waals surface area (Å²) >= 11 is 0. The highest BCUT2D eigenvalue weighted by atomic mass is 15.0. The highest BCUT2D eigenvalue weighted by molar-refractivity contribution is 6.15. The van der Waals surface area contributed by atoms with Gasteiger partial charge in [0.1, 0.15) is 0 Å². The van der Waals surface area contributed by atoms with Crippen molar-refractivity contribution < 1.29 is 0 Å². The number of nitrogens with zero attached hydrogens (tertiary/aromatic N) is 2. The Kier molecular flexibility index (Phi) is 13.0. The molecular formula is C86H60N2. The van der Waals surface area contributed by atoms with Gasteiger partial charge in [-0.2, -0.15) is 0 Å². The van der Waals surface area contributed by atoms with Crippen LogP contribution in [0, 0.1) is 13.8 Å². The van der Waals surface area contributed by atoms with Gasteiger partial charge in [0.25, 0.3) is 0 Å². The third-order valence-corrected chi connectivity index (χ3v) is 18.1. The molecule has 0 aliphatic heterocycles. The lowest BCUT2D eigenvalue weighted by atomic mass is 9.92. The topological polar surface area (TPSA) is 9.86 Å². The molecule has 0 amide bonds. The summed E-state index contributed by atoms with van der Waals surface area (Å²) in [4.78, 5) is 0. The molecule has 0 N–H and O–H groups in total. The Balaban J connectivity index is 0.935. The van der Waals surface area contributed by atoms with Gasteiger partial charge in [-0.15, -0.1) is 0 Å². The van der Waals surface area contributed by atoms with Crippen molar-refractivity contribution in [3.63, 3.8) is 0 Å². The van der Waals surface area contributed by atoms with Crippen molar-refractivity contribution in [1.29, 1.82) is 0 Å². The van der Waals surface area contributed by atoms with Crippen LogP contribution in [-0.2, 0) is 0 Å². The molecule has 2 heteroatoms. The van der Waals surface area contributed by atoms with E-state index in [0.29, 0.717) is 0 Å². The first kappa shape index (κ1) is 52.3. The zero-order valence-electron chi connectivity index (χ0n) is 49.1. The SMILES string of the molecule is Cc1cccc(-n2c3ccc(-c4ccccc4-c4ccccc4)cc3c3cc(-c4ccccc4-c4ccccc4)ccc32)c1-c1c(C)cccc1-n1c2ccc(-c3ccccc3-c3ccccc3)cc2c2cc(-c3ccccc3-c3ccccc3)ccc21. The van der Waals surface area contributed by atoms with E-state index in [1.807, 2.05) is 0 Å². The number of hydrogen-bond donors (Lipinski definition) is 0. The van der Waals surface area contributed by atoms with Crippen molar-refractivity contribution in [2.45, 2.75) is 13.8 Å². The Hall–Kier alpha value is -11.3. The second kappa shape index (κ2) is 21.9. The van der Waals surface area contributed by atoms with Crippen molar-refractivity contribution in [2.24, 2.45) is 0 Å². The average Bonchev–Trinajstić information content (AvgIpc) is 1.64. The molecule has 14 aromatic carbocycles. The highest BCUT2D eigenvalue weighted by Gasteiger charge is 2.25. The molecule has 0 atom stereocenters. The minimum absolute atomic E-state index is 1.13. The molecule has 16 rings (SSSR count). The van der Waals surface area contributed by atoms with E-state index in [2.05, 4.69) is 351 Å². The van der Waals surface area contributed by atoms with Crippen LogP contribution in [0.2, 0.25) is 0 Å². The van der Waals surface area contributed by atoms with Crippen molar-refractivity contribution in [3.05, 3.63) is 339 Å². The maximum Gasteiger partial charge on any atom is 0.0544 e. The summed E-state index contributed by atoms with van der Waals surface area (Å²) in [6, 6.07) is 121. The van der Waals surface area contributed by atoms with Crippen molar-refractivity contribution in [3.8, 4) is 112 Å². The molecule has 0 bridgehead atoms. The Bertz CT molecular complexity index is 4700. The van der Waals surface area contributed by atoms with Crippen LogP contribution in [0.1, 0.15) is 11.1 Å². The summed E-state index contributed by atoms with van der Waals surface area (Å²) < 4.78 is 5.09. The third-order valence-electron chi connectivity index (χ3n) is 18.1. The van der Waals surface area contributed by atoms with Crippen LogP contribution < -0.4 is 0 Å². The number of rotatable bonds is 11. The van der Waals surface area contributed by atoms with Crippen LogP contribution in [0.4, 0.5) is 0 Å². The summed E-state index contributed by atoms with van der Waals surface area (Å²) in [6.45, 7) is 4.58. The van der Waals surface area contributed by atoms with Crippen LogP contribution in [0.5, 0.6) is 0 Å². The van der Waals surface area contributed by atoms with Crippen LogP contribution in [0.15, 0.2) is 328 Å². The quantitative estimate of drug-likeness (QED) is 0.122. The number of aromatic nitrogens is 2. The van der Waals surface area contributed by atoms with Gasteiger partial charge in [0, 0.05) is 32.7 Å². The van der Waals surface area contributed by atoms with Crippen LogP contribution in [0.3, 0.4) is 0 Å². The molecule has 0 aliphatic carbocycles. The molecule has 0 spiro atoms. The van der Waals surface area contributed by atoms with E-state index in [9.17, 15) is 0 Å². The molecule has 0 fully saturated rings. The number of hydrogen-bond acceptors (Lipinski definition) is 0. The monoisotopic (exact) mass is 1120 g/mol. The van der Waals surface area contributed by atoms with Crippen molar-refractivity contribution in [2.75, 3.05) is 0 Å². The molecule has 0 saturated heterocycles. The number of fused-ring (bicyclic) bond motifs is 6. The molecule has 2 nitrogen and oxygen atoms in total. The van der Waals surface area contributed by atoms with Crippen LogP contribution >= 0.6 is 0 Å². The second-order valence-electron chi connectivity index (χ2n) is 23.2. The maximum absolute atomic E-state index is 2.54. The molecule has 2 heterocycles. The fraction of sp³-hybridized carbons (Fsp3) is 0.0233. The van der Waals surface area contributed by atoms with Gasteiger partial charge in [0.15, 0.2) is 0 Å². The molecule has 0 aliphatic rings. The van der Waals surface area contributed by atoms with Crippen LogP contribution in [0.25, 0.3) is 155 Å². The Morgan fingerprint density at radius 1 is 0.182 bits per heavy atom. The summed E-state index contributed by atoms with van der Waals surface area (Å²) in [5.41, 5.74) is 30.8. The fourth-order valence-corrected chi connectivity index (χ4v) is 14.0. The largest absolute Gasteiger partial charge is 0.309 e. The Labute approximate surface area is 513 Å². The molecule has 0 unspecified atom stereocenters. The second-order valence-corrected chi connectivity index (χ2v) is 23.2. The number of benzene rings is 14. The minimum atomic E-state index is 1.13. The lowest BCUT2D eigenvalue weighted by molar-refractivity contribution is 1.15. The first-order valence-electron chi connectivity index (χ1n) is 30.5. The third kappa shape index (κ3) is 8.96. The van der Waals surface area contributed by atoms with Crippen LogP contribution in [-0.4, -0.2) is 9.13 Å². The average molecular weight is 1120 g/mol. The molecule has 0 radical (unpaired) electrons. The smallest absolute Gasteiger partial charge is 0.0544 e. The van der Waals surface area contributed by atoms with E-state index in [0.717, 1.165) is 33.4 Å². The van der Waals surface area contributed by atoms with E-state index in [4.69, 9.17) is 0 Å². The molecule has 0 saturated carbocycles. The lowest BCUT2D eigenvalue weighted by Crippen LogP contribution is -2.04. The predicted octanol–water partition coefficient (Wildman–Crippen LogP) is 23.5. The standard InChI is InChI=1S/C86H60N2/c1-57-25-23-43-83(87-79-49-45-63(71-39-19-15-35-67(71)59-27-7-3-8-28-59)53-75(79)76-54-64(46-50-80(76)87)72-40-20-16-36-68(72)60-29-9-4-10-30-60)85(57)86-58(2)26-24-44-84(86)88-81-51-47-65(73-41-21-17-37-69(73)61-31-11-5-12-32-61)55-77(81)78-56-66(48-52-82(78)88)74-42-22-18-38-70(74)62-33-13-6-14-34-62/h3-56H,1-2H3. The first-order valence-corrected chi connectivity index (χ1v) is 30.5. The predicted molar refractivity (Wildman–Crippen MR) is 374 cm³/mol. The zero-order valence-corrected chi connectivity index (χ0v) is 49.1. The fourth-order valence-electron chi connectivity index (χ4n) is 14.0. The van der Waals surface area contributed by atoms with Gasteiger partial charge in [-0.1, -0.05) is 267 Å². The van der Waals surface area contributed by atoms with E-state index >= 15 is 0 Å². The van der Waals surface area contributed by atoms with Gasteiger partial charge in [-0.3, -0.25) is 0 Å². The zero-order chi connectivity index (χ0) is 58.7. The van der Waals surface area contributed by atoms with Gasteiger partial charge in [0.2, 0.25) is 0 Å². The summed E-state index contributed by atoms with van der Waals surface area (Å²) in [5, 5.41) is 4.79. The Morgan fingerprint density at radius 3 is 0.636 bits per heavy atom. The summed E-state index contributed by atoms with van der Waals surface area (Å²) in [6.07, 6.45) is 0. The minimum Gasteiger partial charge on any atom is -0.309 e. The van der Waals surface area contributed by atoms with Gasteiger partial charge >= 0.3 is 0 Å². The van der Waals surface area contributed by atoms with Gasteiger partial charge in [-0.25, -0.2) is 0 Å². The van der Waals surface area contributed by atoms with Crippen molar-refractivity contribution in [1.82, 2.24) is 9.13 Å².